The van der Waals surface area contributed by atoms with Gasteiger partial charge in [-0.1, -0.05) is 102 Å². The van der Waals surface area contributed by atoms with E-state index in [9.17, 15) is 9.59 Å². The van der Waals surface area contributed by atoms with Crippen LogP contribution >= 0.6 is 11.5 Å². The van der Waals surface area contributed by atoms with Crippen LogP contribution in [0.4, 0.5) is 0 Å². The molecule has 2 aromatic heterocycles. The molecule has 196 valence electrons. The van der Waals surface area contributed by atoms with E-state index < -0.39 is 0 Å². The predicted molar refractivity (Wildman–Crippen MR) is 157 cm³/mol. The van der Waals surface area contributed by atoms with Gasteiger partial charge in [-0.15, -0.1) is 0 Å². The zero-order valence-electron chi connectivity index (χ0n) is 21.6. The van der Waals surface area contributed by atoms with Gasteiger partial charge in [0.15, 0.2) is 11.6 Å². The number of rotatable bonds is 0. The summed E-state index contributed by atoms with van der Waals surface area (Å²) in [7, 11) is 0. The highest BCUT2D eigenvalue weighted by molar-refractivity contribution is 7.03. The Morgan fingerprint density at radius 3 is 1.20 bits per heavy atom. The van der Waals surface area contributed by atoms with Crippen molar-refractivity contribution in [2.24, 2.45) is 0 Å². The first-order valence-electron chi connectivity index (χ1n) is 12.8. The summed E-state index contributed by atoms with van der Waals surface area (Å²) in [6.45, 7) is 0. The molecule has 6 aromatic rings. The van der Waals surface area contributed by atoms with E-state index in [1.165, 1.54) is 17.8 Å². The van der Waals surface area contributed by atoms with Crippen molar-refractivity contribution in [2.45, 2.75) is 12.8 Å². The Hall–Kier alpha value is -4.94. The lowest BCUT2D eigenvalue weighted by Gasteiger charge is -2.17. The number of ketones is 2. The number of hydrogen-bond donors (Lipinski definition) is 0. The molecule has 4 aromatic carbocycles. The van der Waals surface area contributed by atoms with E-state index in [1.54, 1.807) is 18.5 Å². The first-order chi connectivity index (χ1) is 19.7. The summed E-state index contributed by atoms with van der Waals surface area (Å²) in [5.74, 6) is 0.319. The Morgan fingerprint density at radius 2 is 0.950 bits per heavy atom. The molecule has 5 nitrogen and oxygen atoms in total. The fourth-order valence-corrected chi connectivity index (χ4v) is 4.99. The summed E-state index contributed by atoms with van der Waals surface area (Å²) in [5.41, 5.74) is 7.99. The molecule has 0 amide bonds. The fourth-order valence-electron chi connectivity index (χ4n) is 4.64. The number of hydrogen-bond acceptors (Lipinski definition) is 6. The van der Waals surface area contributed by atoms with Crippen molar-refractivity contribution in [1.82, 2.24) is 9.53 Å². The van der Waals surface area contributed by atoms with Crippen molar-refractivity contribution >= 4 is 23.1 Å². The SMILES string of the molecule is O=C1c2ccccc2Cc2ccccc21.O=C1c2ccccc2Cc2ccccc21.c1cnoc1.c1cnsc1. The topological polar surface area (TPSA) is 73.1 Å². The van der Waals surface area contributed by atoms with Crippen LogP contribution in [0, 0.1) is 0 Å². The summed E-state index contributed by atoms with van der Waals surface area (Å²) < 4.78 is 8.10. The molecule has 0 saturated carbocycles. The lowest BCUT2D eigenvalue weighted by Crippen LogP contribution is -2.14. The number of aromatic nitrogens is 2. The molecule has 0 saturated heterocycles. The summed E-state index contributed by atoms with van der Waals surface area (Å²) in [6.07, 6.45) is 6.61. The number of carbonyl (C=O) groups is 2. The molecule has 0 unspecified atom stereocenters. The zero-order valence-corrected chi connectivity index (χ0v) is 22.5. The molecule has 2 aliphatic rings. The van der Waals surface area contributed by atoms with Crippen LogP contribution < -0.4 is 0 Å². The van der Waals surface area contributed by atoms with E-state index >= 15 is 0 Å². The molecule has 0 atom stereocenters. The standard InChI is InChI=1S/2C14H10O.C3H3NO.C3H3NS/c2*15-14-12-7-3-1-5-10(12)9-11-6-2-4-8-13(11)14;2*1-2-4-5-3-1/h2*1-8H,9H2;2*1-3H. The van der Waals surface area contributed by atoms with E-state index in [1.807, 2.05) is 109 Å². The van der Waals surface area contributed by atoms with Gasteiger partial charge in [0.1, 0.15) is 6.26 Å². The van der Waals surface area contributed by atoms with Gasteiger partial charge in [0.05, 0.1) is 6.20 Å². The first-order valence-corrected chi connectivity index (χ1v) is 13.7. The van der Waals surface area contributed by atoms with Gasteiger partial charge in [0, 0.05) is 33.8 Å². The Morgan fingerprint density at radius 1 is 0.525 bits per heavy atom. The molecular formula is C34H26N2O3S. The maximum atomic E-state index is 12.1. The zero-order chi connectivity index (χ0) is 27.6. The van der Waals surface area contributed by atoms with Crippen LogP contribution in [-0.2, 0) is 12.8 Å². The fraction of sp³-hybridized carbons (Fsp3) is 0.0588. The lowest BCUT2D eigenvalue weighted by molar-refractivity contribution is 0.102. The van der Waals surface area contributed by atoms with Crippen molar-refractivity contribution in [1.29, 1.82) is 0 Å². The third-order valence-electron chi connectivity index (χ3n) is 6.50. The quantitative estimate of drug-likeness (QED) is 0.199. The highest BCUT2D eigenvalue weighted by Gasteiger charge is 2.22. The number of carbonyl (C=O) groups excluding carboxylic acids is 2. The van der Waals surface area contributed by atoms with Gasteiger partial charge in [0.25, 0.3) is 0 Å². The minimum Gasteiger partial charge on any atom is -0.365 e. The van der Waals surface area contributed by atoms with Gasteiger partial charge >= 0.3 is 0 Å². The summed E-state index contributed by atoms with van der Waals surface area (Å²) >= 11 is 1.46. The van der Waals surface area contributed by atoms with Gasteiger partial charge in [-0.2, -0.15) is 0 Å². The molecular weight excluding hydrogens is 516 g/mol. The van der Waals surface area contributed by atoms with Crippen LogP contribution in [0.25, 0.3) is 0 Å². The highest BCUT2D eigenvalue weighted by atomic mass is 32.1. The second kappa shape index (κ2) is 13.2. The van der Waals surface area contributed by atoms with Crippen LogP contribution in [0.3, 0.4) is 0 Å². The Bertz CT molecular complexity index is 1440. The largest absolute Gasteiger partial charge is 0.365 e. The van der Waals surface area contributed by atoms with Crippen LogP contribution in [0.15, 0.2) is 138 Å². The maximum Gasteiger partial charge on any atom is 0.193 e. The van der Waals surface area contributed by atoms with Gasteiger partial charge in [-0.05, 0) is 58.8 Å². The van der Waals surface area contributed by atoms with E-state index in [4.69, 9.17) is 0 Å². The van der Waals surface area contributed by atoms with E-state index in [-0.39, 0.29) is 11.6 Å². The molecule has 2 aliphatic carbocycles. The van der Waals surface area contributed by atoms with E-state index in [2.05, 4.69) is 14.1 Å². The van der Waals surface area contributed by atoms with Crippen LogP contribution in [-0.4, -0.2) is 21.1 Å². The number of fused-ring (bicyclic) bond motifs is 4. The molecule has 0 radical (unpaired) electrons. The summed E-state index contributed by atoms with van der Waals surface area (Å²) in [6, 6.07) is 35.0. The third-order valence-corrected chi connectivity index (χ3v) is 7.03. The molecule has 40 heavy (non-hydrogen) atoms. The van der Waals surface area contributed by atoms with Gasteiger partial charge in [-0.25, -0.2) is 4.37 Å². The average molecular weight is 543 g/mol. The second-order valence-electron chi connectivity index (χ2n) is 9.02. The van der Waals surface area contributed by atoms with Gasteiger partial charge in [-0.3, -0.25) is 9.59 Å². The number of nitrogens with zero attached hydrogens (tertiary/aromatic N) is 2. The smallest absolute Gasteiger partial charge is 0.193 e. The van der Waals surface area contributed by atoms with E-state index in [0.29, 0.717) is 0 Å². The molecule has 0 bridgehead atoms. The Kier molecular flexibility index (Phi) is 8.81. The van der Waals surface area contributed by atoms with Crippen LogP contribution in [0.1, 0.15) is 54.1 Å². The van der Waals surface area contributed by atoms with Crippen molar-refractivity contribution in [2.75, 3.05) is 0 Å². The first kappa shape index (κ1) is 26.7. The summed E-state index contributed by atoms with van der Waals surface area (Å²) in [5, 5.41) is 5.28. The third kappa shape index (κ3) is 6.37. The van der Waals surface area contributed by atoms with Crippen molar-refractivity contribution in [3.63, 3.8) is 0 Å². The predicted octanol–water partition coefficient (Wildman–Crippen LogP) is 7.46. The minimum absolute atomic E-state index is 0.160. The van der Waals surface area contributed by atoms with Crippen LogP contribution in [0.5, 0.6) is 0 Å². The number of benzene rings is 4. The molecule has 0 aliphatic heterocycles. The molecule has 0 fully saturated rings. The van der Waals surface area contributed by atoms with Gasteiger partial charge < -0.3 is 4.52 Å². The van der Waals surface area contributed by atoms with Gasteiger partial charge in [0.2, 0.25) is 0 Å². The molecule has 8 rings (SSSR count). The summed E-state index contributed by atoms with van der Waals surface area (Å²) in [4.78, 5) is 24.2. The van der Waals surface area contributed by atoms with E-state index in [0.717, 1.165) is 57.3 Å². The monoisotopic (exact) mass is 542 g/mol. The maximum absolute atomic E-state index is 12.1. The molecule has 0 spiro atoms. The lowest BCUT2D eigenvalue weighted by atomic mass is 9.85. The second-order valence-corrected chi connectivity index (χ2v) is 9.71. The average Bonchev–Trinajstić information content (AvgIpc) is 3.79. The van der Waals surface area contributed by atoms with Crippen LogP contribution in [0.2, 0.25) is 0 Å². The minimum atomic E-state index is 0.160. The molecule has 2 heterocycles. The van der Waals surface area contributed by atoms with Crippen molar-refractivity contribution in [3.8, 4) is 0 Å². The molecule has 0 N–H and O–H groups in total. The Balaban J connectivity index is 0.000000121. The highest BCUT2D eigenvalue weighted by Crippen LogP contribution is 2.27. The van der Waals surface area contributed by atoms with Crippen molar-refractivity contribution in [3.05, 3.63) is 178 Å². The normalized spacial score (nSPS) is 11.9. The van der Waals surface area contributed by atoms with Crippen molar-refractivity contribution < 1.29 is 14.1 Å². The molecule has 6 heteroatoms. The Labute approximate surface area is 236 Å².